The molecular weight excluding hydrogens is 426 g/mol. The maximum Gasteiger partial charge on any atom is 0.274 e. The van der Waals surface area contributed by atoms with Crippen molar-refractivity contribution in [3.05, 3.63) is 74.3 Å². The summed E-state index contributed by atoms with van der Waals surface area (Å²) in [5, 5.41) is 14.0. The molecule has 0 saturated carbocycles. The van der Waals surface area contributed by atoms with Gasteiger partial charge in [-0.05, 0) is 42.3 Å². The van der Waals surface area contributed by atoms with Gasteiger partial charge in [-0.1, -0.05) is 0 Å². The summed E-state index contributed by atoms with van der Waals surface area (Å²) in [6.07, 6.45) is 2.71. The molecule has 0 aromatic carbocycles. The second kappa shape index (κ2) is 8.42. The lowest BCUT2D eigenvalue weighted by Crippen LogP contribution is -2.33. The number of thiophene rings is 1. The molecule has 0 radical (unpaired) electrons. The summed E-state index contributed by atoms with van der Waals surface area (Å²) >= 11 is 1.57. The molecule has 0 saturated heterocycles. The van der Waals surface area contributed by atoms with Gasteiger partial charge >= 0.3 is 0 Å². The number of aromatic nitrogens is 4. The number of pyridine rings is 1. The standard InChI is InChI=1S/C23H23N5O3S/c1-14-7-21-25-17(13-31-2)9-22(30)28(21)26-23(14)27-6-5-19-16(11-27)8-15(10-24-19)20-4-3-18(12-29)32-20/h3-4,7-10,29H,5-6,11-13H2,1-2H3. The van der Waals surface area contributed by atoms with Crippen molar-refractivity contribution >= 4 is 22.8 Å². The van der Waals surface area contributed by atoms with Gasteiger partial charge in [-0.3, -0.25) is 9.78 Å². The van der Waals surface area contributed by atoms with E-state index < -0.39 is 0 Å². The van der Waals surface area contributed by atoms with Crippen LogP contribution in [0.4, 0.5) is 5.82 Å². The molecule has 8 nitrogen and oxygen atoms in total. The first-order chi connectivity index (χ1) is 15.6. The van der Waals surface area contributed by atoms with E-state index in [4.69, 9.17) is 9.72 Å². The number of methoxy groups -OCH3 is 1. The van der Waals surface area contributed by atoms with Crippen LogP contribution >= 0.6 is 11.3 Å². The van der Waals surface area contributed by atoms with Crippen LogP contribution in [-0.4, -0.2) is 38.3 Å². The minimum atomic E-state index is -0.220. The monoisotopic (exact) mass is 449 g/mol. The summed E-state index contributed by atoms with van der Waals surface area (Å²) in [5.74, 6) is 0.774. The summed E-state index contributed by atoms with van der Waals surface area (Å²) in [4.78, 5) is 26.0. The van der Waals surface area contributed by atoms with Crippen LogP contribution < -0.4 is 10.5 Å². The van der Waals surface area contributed by atoms with Gasteiger partial charge in [0.25, 0.3) is 5.56 Å². The van der Waals surface area contributed by atoms with E-state index in [9.17, 15) is 9.90 Å². The van der Waals surface area contributed by atoms with Crippen molar-refractivity contribution < 1.29 is 9.84 Å². The van der Waals surface area contributed by atoms with E-state index in [-0.39, 0.29) is 18.8 Å². The molecule has 0 unspecified atom stereocenters. The van der Waals surface area contributed by atoms with Crippen LogP contribution in [0.25, 0.3) is 16.1 Å². The second-order valence-corrected chi connectivity index (χ2v) is 9.03. The number of hydrogen-bond acceptors (Lipinski definition) is 8. The minimum Gasteiger partial charge on any atom is -0.391 e. The molecule has 5 rings (SSSR count). The lowest BCUT2D eigenvalue weighted by Gasteiger charge is -2.30. The van der Waals surface area contributed by atoms with Crippen LogP contribution in [0.2, 0.25) is 0 Å². The van der Waals surface area contributed by atoms with Crippen LogP contribution in [-0.2, 0) is 30.9 Å². The van der Waals surface area contributed by atoms with E-state index in [2.05, 4.69) is 21.0 Å². The van der Waals surface area contributed by atoms with Gasteiger partial charge in [0.2, 0.25) is 0 Å². The number of aliphatic hydroxyl groups is 1. The fraction of sp³-hybridized carbons (Fsp3) is 0.304. The molecule has 0 atom stereocenters. The van der Waals surface area contributed by atoms with Gasteiger partial charge in [0.1, 0.15) is 0 Å². The summed E-state index contributed by atoms with van der Waals surface area (Å²) < 4.78 is 6.46. The van der Waals surface area contributed by atoms with Gasteiger partial charge in [-0.25, -0.2) is 4.98 Å². The quantitative estimate of drug-likeness (QED) is 0.501. The van der Waals surface area contributed by atoms with E-state index in [1.807, 2.05) is 31.3 Å². The molecule has 1 aliphatic rings. The molecule has 4 aromatic heterocycles. The maximum atomic E-state index is 12.6. The van der Waals surface area contributed by atoms with Crippen LogP contribution in [0.5, 0.6) is 0 Å². The number of hydrogen-bond donors (Lipinski definition) is 1. The van der Waals surface area contributed by atoms with Gasteiger partial charge in [0.15, 0.2) is 11.5 Å². The van der Waals surface area contributed by atoms with Crippen LogP contribution in [0.15, 0.2) is 41.3 Å². The van der Waals surface area contributed by atoms with Crippen LogP contribution in [0, 0.1) is 6.92 Å². The maximum absolute atomic E-state index is 12.6. The molecule has 5 heterocycles. The third-order valence-corrected chi connectivity index (χ3v) is 6.72. The normalized spacial score (nSPS) is 13.5. The second-order valence-electron chi connectivity index (χ2n) is 7.87. The molecular formula is C23H23N5O3S. The Bertz CT molecular complexity index is 1360. The molecule has 0 bridgehead atoms. The largest absolute Gasteiger partial charge is 0.391 e. The Hall–Kier alpha value is -3.14. The number of anilines is 1. The van der Waals surface area contributed by atoms with Crippen molar-refractivity contribution in [1.29, 1.82) is 0 Å². The number of aryl methyl sites for hydroxylation is 1. The van der Waals surface area contributed by atoms with E-state index in [1.165, 1.54) is 10.6 Å². The number of rotatable bonds is 5. The smallest absolute Gasteiger partial charge is 0.274 e. The predicted molar refractivity (Wildman–Crippen MR) is 123 cm³/mol. The minimum absolute atomic E-state index is 0.0465. The molecule has 0 aliphatic carbocycles. The van der Waals surface area contributed by atoms with Crippen molar-refractivity contribution in [1.82, 2.24) is 19.6 Å². The van der Waals surface area contributed by atoms with Crippen molar-refractivity contribution in [3.8, 4) is 10.4 Å². The first-order valence-electron chi connectivity index (χ1n) is 10.4. The summed E-state index contributed by atoms with van der Waals surface area (Å²) in [6.45, 7) is 3.76. The Morgan fingerprint density at radius 2 is 2.12 bits per heavy atom. The highest BCUT2D eigenvalue weighted by Crippen LogP contribution is 2.31. The Kier molecular flexibility index (Phi) is 5.46. The number of aliphatic hydroxyl groups excluding tert-OH is 1. The molecule has 1 N–H and O–H groups in total. The highest BCUT2D eigenvalue weighted by Gasteiger charge is 2.22. The fourth-order valence-corrected chi connectivity index (χ4v) is 4.91. The molecule has 0 fully saturated rings. The van der Waals surface area contributed by atoms with Gasteiger partial charge in [-0.2, -0.15) is 4.52 Å². The molecule has 9 heteroatoms. The van der Waals surface area contributed by atoms with Crippen molar-refractivity contribution in [2.45, 2.75) is 33.1 Å². The van der Waals surface area contributed by atoms with E-state index in [1.54, 1.807) is 18.4 Å². The van der Waals surface area contributed by atoms with E-state index >= 15 is 0 Å². The van der Waals surface area contributed by atoms with Crippen molar-refractivity contribution in [3.63, 3.8) is 0 Å². The zero-order valence-corrected chi connectivity index (χ0v) is 18.7. The van der Waals surface area contributed by atoms with Gasteiger partial charge < -0.3 is 14.7 Å². The topological polar surface area (TPSA) is 92.9 Å². The first-order valence-corrected chi connectivity index (χ1v) is 11.2. The number of nitrogens with zero attached hydrogens (tertiary/aromatic N) is 5. The average Bonchev–Trinajstić information content (AvgIpc) is 3.28. The zero-order chi connectivity index (χ0) is 22.2. The van der Waals surface area contributed by atoms with E-state index in [0.717, 1.165) is 50.9 Å². The molecule has 4 aromatic rings. The summed E-state index contributed by atoms with van der Waals surface area (Å²) in [7, 11) is 1.58. The van der Waals surface area contributed by atoms with Gasteiger partial charge in [-0.15, -0.1) is 16.4 Å². The fourth-order valence-electron chi connectivity index (χ4n) is 4.06. The lowest BCUT2D eigenvalue weighted by atomic mass is 10.0. The van der Waals surface area contributed by atoms with Crippen molar-refractivity contribution in [2.24, 2.45) is 0 Å². The average molecular weight is 450 g/mol. The van der Waals surface area contributed by atoms with E-state index in [0.29, 0.717) is 17.9 Å². The predicted octanol–water partition coefficient (Wildman–Crippen LogP) is 2.72. The Balaban J connectivity index is 1.49. The third-order valence-electron chi connectivity index (χ3n) is 5.60. The highest BCUT2D eigenvalue weighted by molar-refractivity contribution is 7.15. The van der Waals surface area contributed by atoms with Crippen LogP contribution in [0.3, 0.4) is 0 Å². The van der Waals surface area contributed by atoms with Crippen molar-refractivity contribution in [2.75, 3.05) is 18.6 Å². The third kappa shape index (κ3) is 3.79. The molecule has 0 spiro atoms. The Labute approximate surface area is 188 Å². The SMILES string of the molecule is COCc1cc(=O)n2nc(N3CCc4ncc(-c5ccc(CO)s5)cc4C3)c(C)cc2n1. The molecule has 32 heavy (non-hydrogen) atoms. The first kappa shape index (κ1) is 20.7. The molecule has 1 aliphatic heterocycles. The molecule has 164 valence electrons. The van der Waals surface area contributed by atoms with Gasteiger partial charge in [0.05, 0.1) is 18.9 Å². The summed E-state index contributed by atoms with van der Waals surface area (Å²) in [5.41, 5.74) is 5.14. The molecule has 0 amide bonds. The van der Waals surface area contributed by atoms with Crippen LogP contribution in [0.1, 0.15) is 27.4 Å². The van der Waals surface area contributed by atoms with Gasteiger partial charge in [0, 0.05) is 59.9 Å². The highest BCUT2D eigenvalue weighted by atomic mass is 32.1. The Morgan fingerprint density at radius 3 is 2.91 bits per heavy atom. The lowest BCUT2D eigenvalue weighted by molar-refractivity contribution is 0.181. The number of fused-ring (bicyclic) bond motifs is 2. The number of ether oxygens (including phenoxy) is 1. The Morgan fingerprint density at radius 1 is 1.25 bits per heavy atom. The summed E-state index contributed by atoms with van der Waals surface area (Å²) in [6, 6.07) is 9.49. The zero-order valence-electron chi connectivity index (χ0n) is 17.9.